The Morgan fingerprint density at radius 2 is 1.78 bits per heavy atom. The minimum atomic E-state index is 0.0372. The number of hydrogen-bond acceptors (Lipinski definition) is 4. The monoisotopic (exact) mass is 505 g/mol. The number of benzene rings is 3. The third kappa shape index (κ3) is 7.25. The van der Waals surface area contributed by atoms with Crippen LogP contribution in [-0.4, -0.2) is 35.7 Å². The third-order valence-electron chi connectivity index (χ3n) is 6.04. The van der Waals surface area contributed by atoms with Gasteiger partial charge in [0.25, 0.3) is 0 Å². The number of aromatic nitrogens is 2. The number of nitrogens with one attached hydrogen (secondary N) is 1. The maximum absolute atomic E-state index is 12.2. The van der Waals surface area contributed by atoms with E-state index >= 15 is 0 Å². The standard InChI is InChI=1S/C29H32ClN3O3/c1-35-24-8-7-9-25(21-24)36-19-18-33-27-11-5-4-10-26(27)32-28(33)12-3-2-6-17-31-29(34)20-22-13-15-23(30)16-14-22/h4-5,7-11,13-16,21H,2-3,6,12,17-20H2,1H3,(H,31,34). The Hall–Kier alpha value is -3.51. The second kappa shape index (κ2) is 13.0. The van der Waals surface area contributed by atoms with Gasteiger partial charge in [0.2, 0.25) is 5.91 Å². The number of unbranched alkanes of at least 4 members (excludes halogenated alkanes) is 2. The summed E-state index contributed by atoms with van der Waals surface area (Å²) in [5.41, 5.74) is 3.09. The highest BCUT2D eigenvalue weighted by Gasteiger charge is 2.11. The molecule has 0 aliphatic rings. The molecular weight excluding hydrogens is 474 g/mol. The summed E-state index contributed by atoms with van der Waals surface area (Å²) in [4.78, 5) is 17.0. The van der Waals surface area contributed by atoms with Crippen LogP contribution >= 0.6 is 11.6 Å². The SMILES string of the molecule is COc1cccc(OCCn2c(CCCCCNC(=O)Cc3ccc(Cl)cc3)nc3ccccc32)c1. The predicted molar refractivity (Wildman–Crippen MR) is 144 cm³/mol. The van der Waals surface area contributed by atoms with E-state index in [0.717, 1.165) is 59.6 Å². The number of halogens is 1. The Kier molecular flexibility index (Phi) is 9.22. The summed E-state index contributed by atoms with van der Waals surface area (Å²) in [7, 11) is 1.65. The molecule has 1 heterocycles. The first-order valence-electron chi connectivity index (χ1n) is 12.3. The van der Waals surface area contributed by atoms with Gasteiger partial charge in [-0.1, -0.05) is 48.4 Å². The second-order valence-corrected chi connectivity index (χ2v) is 9.10. The fraction of sp³-hybridized carbons (Fsp3) is 0.310. The van der Waals surface area contributed by atoms with Gasteiger partial charge in [-0.2, -0.15) is 0 Å². The van der Waals surface area contributed by atoms with Crippen molar-refractivity contribution in [3.8, 4) is 11.5 Å². The Balaban J connectivity index is 1.23. The van der Waals surface area contributed by atoms with Crippen LogP contribution < -0.4 is 14.8 Å². The minimum absolute atomic E-state index is 0.0372. The topological polar surface area (TPSA) is 65.4 Å². The molecule has 0 spiro atoms. The number of hydrogen-bond donors (Lipinski definition) is 1. The number of rotatable bonds is 13. The van der Waals surface area contributed by atoms with Crippen molar-refractivity contribution in [1.82, 2.24) is 14.9 Å². The summed E-state index contributed by atoms with van der Waals surface area (Å²) < 4.78 is 13.5. The number of aryl methyl sites for hydroxylation is 1. The predicted octanol–water partition coefficient (Wildman–Crippen LogP) is 5.85. The van der Waals surface area contributed by atoms with Gasteiger partial charge in [0.1, 0.15) is 23.9 Å². The van der Waals surface area contributed by atoms with E-state index in [1.165, 1.54) is 0 Å². The number of carbonyl (C=O) groups excluding carboxylic acids is 1. The molecule has 7 heteroatoms. The van der Waals surface area contributed by atoms with Gasteiger partial charge in [-0.25, -0.2) is 4.98 Å². The average molecular weight is 506 g/mol. The zero-order chi connectivity index (χ0) is 25.2. The van der Waals surface area contributed by atoms with E-state index in [2.05, 4.69) is 22.0 Å². The Morgan fingerprint density at radius 3 is 2.61 bits per heavy atom. The van der Waals surface area contributed by atoms with Crippen LogP contribution in [0.25, 0.3) is 11.0 Å². The van der Waals surface area contributed by atoms with Crippen LogP contribution in [0.2, 0.25) is 5.02 Å². The molecule has 1 amide bonds. The van der Waals surface area contributed by atoms with Gasteiger partial charge in [-0.15, -0.1) is 0 Å². The first-order valence-corrected chi connectivity index (χ1v) is 12.7. The normalized spacial score (nSPS) is 10.9. The van der Waals surface area contributed by atoms with Gasteiger partial charge in [0.15, 0.2) is 0 Å². The largest absolute Gasteiger partial charge is 0.497 e. The lowest BCUT2D eigenvalue weighted by Crippen LogP contribution is -2.26. The molecule has 1 N–H and O–H groups in total. The van der Waals surface area contributed by atoms with Crippen molar-refractivity contribution >= 4 is 28.5 Å². The van der Waals surface area contributed by atoms with Crippen molar-refractivity contribution in [1.29, 1.82) is 0 Å². The summed E-state index contributed by atoms with van der Waals surface area (Å²) in [6, 6.07) is 23.2. The molecule has 6 nitrogen and oxygen atoms in total. The van der Waals surface area contributed by atoms with Crippen LogP contribution in [-0.2, 0) is 24.2 Å². The molecule has 188 valence electrons. The van der Waals surface area contributed by atoms with Crippen molar-refractivity contribution in [2.45, 2.75) is 38.6 Å². The Bertz CT molecular complexity index is 1270. The lowest BCUT2D eigenvalue weighted by Gasteiger charge is -2.12. The van der Waals surface area contributed by atoms with Crippen molar-refractivity contribution < 1.29 is 14.3 Å². The van der Waals surface area contributed by atoms with E-state index < -0.39 is 0 Å². The number of nitrogens with zero attached hydrogens (tertiary/aromatic N) is 2. The second-order valence-electron chi connectivity index (χ2n) is 8.66. The molecule has 36 heavy (non-hydrogen) atoms. The molecule has 3 aromatic carbocycles. The van der Waals surface area contributed by atoms with E-state index in [4.69, 9.17) is 26.1 Å². The maximum Gasteiger partial charge on any atom is 0.224 e. The number of amides is 1. The van der Waals surface area contributed by atoms with Crippen LogP contribution in [0, 0.1) is 0 Å². The van der Waals surface area contributed by atoms with Gasteiger partial charge in [0.05, 0.1) is 31.1 Å². The number of fused-ring (bicyclic) bond motifs is 1. The van der Waals surface area contributed by atoms with Gasteiger partial charge in [-0.3, -0.25) is 4.79 Å². The lowest BCUT2D eigenvalue weighted by molar-refractivity contribution is -0.120. The lowest BCUT2D eigenvalue weighted by atomic mass is 10.1. The number of methoxy groups -OCH3 is 1. The molecule has 0 saturated heterocycles. The van der Waals surface area contributed by atoms with Crippen LogP contribution in [0.1, 0.15) is 30.7 Å². The fourth-order valence-electron chi connectivity index (χ4n) is 4.17. The summed E-state index contributed by atoms with van der Waals surface area (Å²) in [5.74, 6) is 2.67. The first-order chi connectivity index (χ1) is 17.6. The smallest absolute Gasteiger partial charge is 0.224 e. The molecule has 1 aromatic heterocycles. The molecule has 0 radical (unpaired) electrons. The minimum Gasteiger partial charge on any atom is -0.497 e. The van der Waals surface area contributed by atoms with Gasteiger partial charge in [0, 0.05) is 24.1 Å². The van der Waals surface area contributed by atoms with Crippen molar-refractivity contribution in [3.05, 3.63) is 89.2 Å². The Labute approximate surface area is 217 Å². The number of ether oxygens (including phenoxy) is 2. The van der Waals surface area contributed by atoms with Crippen molar-refractivity contribution in [2.75, 3.05) is 20.3 Å². The summed E-state index contributed by atoms with van der Waals surface area (Å²) in [5, 5.41) is 3.69. The molecule has 4 rings (SSSR count). The molecule has 4 aromatic rings. The van der Waals surface area contributed by atoms with Gasteiger partial charge < -0.3 is 19.4 Å². The molecule has 0 bridgehead atoms. The van der Waals surface area contributed by atoms with Gasteiger partial charge in [-0.05, 0) is 54.8 Å². The molecule has 0 aliphatic carbocycles. The number of carbonyl (C=O) groups is 1. The highest BCUT2D eigenvalue weighted by Crippen LogP contribution is 2.21. The van der Waals surface area contributed by atoms with Crippen molar-refractivity contribution in [2.24, 2.45) is 0 Å². The average Bonchev–Trinajstić information content (AvgIpc) is 3.25. The maximum atomic E-state index is 12.2. The van der Waals surface area contributed by atoms with E-state index in [1.54, 1.807) is 7.11 Å². The van der Waals surface area contributed by atoms with Crippen LogP contribution in [0.5, 0.6) is 11.5 Å². The highest BCUT2D eigenvalue weighted by atomic mass is 35.5. The number of para-hydroxylation sites is 2. The summed E-state index contributed by atoms with van der Waals surface area (Å²) in [6.07, 6.45) is 4.22. The Morgan fingerprint density at radius 1 is 0.972 bits per heavy atom. The molecule has 0 atom stereocenters. The molecule has 0 fully saturated rings. The number of imidazole rings is 1. The molecular formula is C29H32ClN3O3. The van der Waals surface area contributed by atoms with Crippen LogP contribution in [0.3, 0.4) is 0 Å². The highest BCUT2D eigenvalue weighted by molar-refractivity contribution is 6.30. The summed E-state index contributed by atoms with van der Waals surface area (Å²) in [6.45, 7) is 1.94. The van der Waals surface area contributed by atoms with E-state index in [9.17, 15) is 4.79 Å². The van der Waals surface area contributed by atoms with E-state index in [-0.39, 0.29) is 5.91 Å². The van der Waals surface area contributed by atoms with Gasteiger partial charge >= 0.3 is 0 Å². The summed E-state index contributed by atoms with van der Waals surface area (Å²) >= 11 is 5.90. The van der Waals surface area contributed by atoms with Crippen molar-refractivity contribution in [3.63, 3.8) is 0 Å². The van der Waals surface area contributed by atoms with Crippen LogP contribution in [0.15, 0.2) is 72.8 Å². The molecule has 0 aliphatic heterocycles. The molecule has 0 unspecified atom stereocenters. The van der Waals surface area contributed by atoms with Crippen LogP contribution in [0.4, 0.5) is 0 Å². The quantitative estimate of drug-likeness (QED) is 0.231. The third-order valence-corrected chi connectivity index (χ3v) is 6.29. The molecule has 0 saturated carbocycles. The zero-order valence-corrected chi connectivity index (χ0v) is 21.3. The van der Waals surface area contributed by atoms with E-state index in [0.29, 0.717) is 31.1 Å². The zero-order valence-electron chi connectivity index (χ0n) is 20.6. The first kappa shape index (κ1) is 25.6. The fourth-order valence-corrected chi connectivity index (χ4v) is 4.30. The van der Waals surface area contributed by atoms with E-state index in [1.807, 2.05) is 60.7 Å².